The lowest BCUT2D eigenvalue weighted by Gasteiger charge is -2.23. The predicted octanol–water partition coefficient (Wildman–Crippen LogP) is 3.49. The van der Waals surface area contributed by atoms with Crippen LogP contribution in [-0.4, -0.2) is 40.2 Å². The Morgan fingerprint density at radius 2 is 1.82 bits per heavy atom. The number of halogens is 2. The minimum atomic E-state index is -3.81. The van der Waals surface area contributed by atoms with Gasteiger partial charge in [0, 0.05) is 10.7 Å². The number of rotatable bonds is 6. The van der Waals surface area contributed by atoms with Gasteiger partial charge in [-0.1, -0.05) is 29.3 Å². The van der Waals surface area contributed by atoms with Gasteiger partial charge in [0.25, 0.3) is 0 Å². The first-order valence-corrected chi connectivity index (χ1v) is 10.5. The van der Waals surface area contributed by atoms with Gasteiger partial charge in [0.2, 0.25) is 15.9 Å². The second kappa shape index (κ2) is 8.81. The number of methoxy groups -OCH3 is 1. The summed E-state index contributed by atoms with van der Waals surface area (Å²) in [4.78, 5) is 24.2. The van der Waals surface area contributed by atoms with Crippen LogP contribution in [0.5, 0.6) is 0 Å². The van der Waals surface area contributed by atoms with Crippen LogP contribution in [-0.2, 0) is 19.6 Å². The third kappa shape index (κ3) is 5.37. The minimum Gasteiger partial charge on any atom is -0.465 e. The van der Waals surface area contributed by atoms with Crippen LogP contribution in [0.1, 0.15) is 15.9 Å². The SMILES string of the molecule is COC(=O)c1ccc(C)c(NC(=O)CN(c2ccc(Cl)cc2Cl)S(C)(=O)=O)c1. The highest BCUT2D eigenvalue weighted by Crippen LogP contribution is 2.30. The molecule has 1 N–H and O–H groups in total. The Bertz CT molecular complexity index is 1020. The van der Waals surface area contributed by atoms with Crippen molar-refractivity contribution < 1.29 is 22.7 Å². The molecule has 0 aliphatic rings. The number of amides is 1. The molecule has 10 heteroatoms. The average Bonchev–Trinajstić information content (AvgIpc) is 2.60. The summed E-state index contributed by atoms with van der Waals surface area (Å²) in [5.74, 6) is -1.16. The standard InChI is InChI=1S/C18H18Cl2N2O5S/c1-11-4-5-12(18(24)27-2)8-15(11)21-17(23)10-22(28(3,25)26)16-7-6-13(19)9-14(16)20/h4-9H,10H2,1-3H3,(H,21,23). The first-order chi connectivity index (χ1) is 13.0. The number of nitrogens with zero attached hydrogens (tertiary/aromatic N) is 1. The van der Waals surface area contributed by atoms with Crippen molar-refractivity contribution in [2.75, 3.05) is 29.5 Å². The number of benzene rings is 2. The molecule has 0 bridgehead atoms. The summed E-state index contributed by atoms with van der Waals surface area (Å²) >= 11 is 11.9. The van der Waals surface area contributed by atoms with Crippen molar-refractivity contribution in [2.45, 2.75) is 6.92 Å². The Balaban J connectivity index is 2.29. The summed E-state index contributed by atoms with van der Waals surface area (Å²) in [6.07, 6.45) is 0.967. The lowest BCUT2D eigenvalue weighted by atomic mass is 10.1. The van der Waals surface area contributed by atoms with E-state index in [9.17, 15) is 18.0 Å². The van der Waals surface area contributed by atoms with Gasteiger partial charge in [-0.25, -0.2) is 13.2 Å². The van der Waals surface area contributed by atoms with Crippen molar-refractivity contribution in [1.82, 2.24) is 0 Å². The van der Waals surface area contributed by atoms with Gasteiger partial charge < -0.3 is 10.1 Å². The van der Waals surface area contributed by atoms with E-state index >= 15 is 0 Å². The topological polar surface area (TPSA) is 92.8 Å². The van der Waals surface area contributed by atoms with Crippen molar-refractivity contribution >= 4 is 56.5 Å². The second-order valence-electron chi connectivity index (χ2n) is 5.93. The van der Waals surface area contributed by atoms with Crippen LogP contribution >= 0.6 is 23.2 Å². The Morgan fingerprint density at radius 3 is 2.39 bits per heavy atom. The molecule has 0 radical (unpaired) electrons. The monoisotopic (exact) mass is 444 g/mol. The maximum atomic E-state index is 12.5. The number of aryl methyl sites for hydroxylation is 1. The number of anilines is 2. The zero-order valence-corrected chi connectivity index (χ0v) is 17.7. The quantitative estimate of drug-likeness (QED) is 0.688. The molecule has 2 aromatic rings. The largest absolute Gasteiger partial charge is 0.465 e. The van der Waals surface area contributed by atoms with Crippen molar-refractivity contribution in [1.29, 1.82) is 0 Å². The molecule has 2 rings (SSSR count). The van der Waals surface area contributed by atoms with E-state index in [0.29, 0.717) is 16.3 Å². The number of sulfonamides is 1. The second-order valence-corrected chi connectivity index (χ2v) is 8.69. The van der Waals surface area contributed by atoms with Gasteiger partial charge in [0.1, 0.15) is 6.54 Å². The van der Waals surface area contributed by atoms with Gasteiger partial charge in [-0.3, -0.25) is 9.10 Å². The van der Waals surface area contributed by atoms with Gasteiger partial charge in [-0.15, -0.1) is 0 Å². The van der Waals surface area contributed by atoms with Crippen molar-refractivity contribution in [3.05, 3.63) is 57.6 Å². The predicted molar refractivity (Wildman–Crippen MR) is 110 cm³/mol. The van der Waals surface area contributed by atoms with E-state index in [1.54, 1.807) is 19.1 Å². The summed E-state index contributed by atoms with van der Waals surface area (Å²) in [5, 5.41) is 3.04. The number of hydrogen-bond acceptors (Lipinski definition) is 5. The molecule has 7 nitrogen and oxygen atoms in total. The Kier molecular flexibility index (Phi) is 6.92. The number of carbonyl (C=O) groups excluding carboxylic acids is 2. The Hall–Kier alpha value is -2.29. The third-order valence-electron chi connectivity index (χ3n) is 3.80. The maximum Gasteiger partial charge on any atom is 0.337 e. The molecule has 1 amide bonds. The molecule has 0 unspecified atom stereocenters. The molecular weight excluding hydrogens is 427 g/mol. The molecule has 0 aliphatic carbocycles. The smallest absolute Gasteiger partial charge is 0.337 e. The summed E-state index contributed by atoms with van der Waals surface area (Å²) in [5.41, 5.74) is 1.44. The fraction of sp³-hybridized carbons (Fsp3) is 0.222. The van der Waals surface area contributed by atoms with Gasteiger partial charge in [0.15, 0.2) is 0 Å². The van der Waals surface area contributed by atoms with Crippen LogP contribution in [0.25, 0.3) is 0 Å². The number of esters is 1. The first kappa shape index (κ1) is 22.0. The van der Waals surface area contributed by atoms with E-state index in [0.717, 1.165) is 10.6 Å². The zero-order chi connectivity index (χ0) is 21.1. The maximum absolute atomic E-state index is 12.5. The fourth-order valence-corrected chi connectivity index (χ4v) is 3.82. The number of ether oxygens (including phenoxy) is 1. The van der Waals surface area contributed by atoms with E-state index in [1.165, 1.54) is 31.4 Å². The van der Waals surface area contributed by atoms with E-state index in [-0.39, 0.29) is 16.3 Å². The lowest BCUT2D eigenvalue weighted by Crippen LogP contribution is -2.37. The van der Waals surface area contributed by atoms with E-state index in [4.69, 9.17) is 23.2 Å². The van der Waals surface area contributed by atoms with Crippen molar-refractivity contribution in [3.8, 4) is 0 Å². The molecule has 0 aromatic heterocycles. The molecular formula is C18H18Cl2N2O5S. The van der Waals surface area contributed by atoms with Crippen LogP contribution in [0, 0.1) is 6.92 Å². The first-order valence-electron chi connectivity index (χ1n) is 7.94. The molecule has 28 heavy (non-hydrogen) atoms. The van der Waals surface area contributed by atoms with Gasteiger partial charge in [-0.05, 0) is 42.8 Å². The molecule has 0 fully saturated rings. The molecule has 0 atom stereocenters. The average molecular weight is 445 g/mol. The highest BCUT2D eigenvalue weighted by molar-refractivity contribution is 7.92. The van der Waals surface area contributed by atoms with E-state index in [2.05, 4.69) is 10.1 Å². The zero-order valence-electron chi connectivity index (χ0n) is 15.3. The normalized spacial score (nSPS) is 11.0. The summed E-state index contributed by atoms with van der Waals surface area (Å²) in [6, 6.07) is 8.95. The molecule has 0 saturated carbocycles. The van der Waals surface area contributed by atoms with Crippen molar-refractivity contribution in [2.24, 2.45) is 0 Å². The van der Waals surface area contributed by atoms with Gasteiger partial charge >= 0.3 is 5.97 Å². The van der Waals surface area contributed by atoms with Crippen LogP contribution in [0.4, 0.5) is 11.4 Å². The minimum absolute atomic E-state index is 0.0922. The van der Waals surface area contributed by atoms with E-state index < -0.39 is 28.4 Å². The summed E-state index contributed by atoms with van der Waals surface area (Å²) in [6.45, 7) is 1.23. The van der Waals surface area contributed by atoms with Crippen LogP contribution in [0.15, 0.2) is 36.4 Å². The highest BCUT2D eigenvalue weighted by atomic mass is 35.5. The number of nitrogens with one attached hydrogen (secondary N) is 1. The third-order valence-corrected chi connectivity index (χ3v) is 5.46. The van der Waals surface area contributed by atoms with E-state index in [1.807, 2.05) is 0 Å². The summed E-state index contributed by atoms with van der Waals surface area (Å²) < 4.78 is 29.9. The van der Waals surface area contributed by atoms with Crippen LogP contribution < -0.4 is 9.62 Å². The Labute approximate surface area is 173 Å². The molecule has 0 aliphatic heterocycles. The Morgan fingerprint density at radius 1 is 1.14 bits per heavy atom. The highest BCUT2D eigenvalue weighted by Gasteiger charge is 2.23. The van der Waals surface area contributed by atoms with Crippen molar-refractivity contribution in [3.63, 3.8) is 0 Å². The molecule has 0 spiro atoms. The summed E-state index contributed by atoms with van der Waals surface area (Å²) in [7, 11) is -2.56. The van der Waals surface area contributed by atoms with Gasteiger partial charge in [0.05, 0.1) is 29.6 Å². The fourth-order valence-electron chi connectivity index (χ4n) is 2.39. The lowest BCUT2D eigenvalue weighted by molar-refractivity contribution is -0.114. The molecule has 0 saturated heterocycles. The molecule has 0 heterocycles. The number of hydrogen-bond donors (Lipinski definition) is 1. The molecule has 2 aromatic carbocycles. The van der Waals surface area contributed by atoms with Gasteiger partial charge in [-0.2, -0.15) is 0 Å². The number of carbonyl (C=O) groups is 2. The van der Waals surface area contributed by atoms with Crippen LogP contribution in [0.2, 0.25) is 10.0 Å². The molecule has 150 valence electrons. The van der Waals surface area contributed by atoms with Crippen LogP contribution in [0.3, 0.4) is 0 Å².